The maximum Gasteiger partial charge on any atom is 0.211 e. The smallest absolute Gasteiger partial charge is 0.211 e. The van der Waals surface area contributed by atoms with Crippen LogP contribution in [0.1, 0.15) is 0 Å². The second kappa shape index (κ2) is 10.6. The van der Waals surface area contributed by atoms with Gasteiger partial charge in [0, 0.05) is 11.3 Å². The van der Waals surface area contributed by atoms with Crippen LogP contribution in [0.4, 0.5) is 5.69 Å². The third-order valence-corrected chi connectivity index (χ3v) is 3.71. The van der Waals surface area contributed by atoms with Crippen molar-refractivity contribution in [2.75, 3.05) is 5.32 Å². The van der Waals surface area contributed by atoms with Gasteiger partial charge in [0.2, 0.25) is 6.41 Å². The normalized spacial score (nSPS) is 9.33. The topological polar surface area (TPSA) is 57.8 Å². The number of rotatable bonds is 4. The number of amides is 1. The van der Waals surface area contributed by atoms with Crippen molar-refractivity contribution < 1.29 is 4.79 Å². The predicted octanol–water partition coefficient (Wildman–Crippen LogP) is 5.42. The Morgan fingerprint density at radius 1 is 0.741 bits per heavy atom. The van der Waals surface area contributed by atoms with Crippen molar-refractivity contribution in [1.29, 1.82) is 0 Å². The molecule has 4 aromatic rings. The molecule has 0 saturated carbocycles. The van der Waals surface area contributed by atoms with E-state index in [-0.39, 0.29) is 12.4 Å². The summed E-state index contributed by atoms with van der Waals surface area (Å²) in [5.41, 5.74) is 3.79. The van der Waals surface area contributed by atoms with Crippen molar-refractivity contribution in [3.8, 4) is 22.6 Å². The fourth-order valence-corrected chi connectivity index (χ4v) is 2.41. The van der Waals surface area contributed by atoms with Gasteiger partial charge < -0.3 is 10.3 Å². The summed E-state index contributed by atoms with van der Waals surface area (Å²) in [5.74, 6) is 0.843. The van der Waals surface area contributed by atoms with Gasteiger partial charge in [-0.05, 0) is 17.7 Å². The Labute approximate surface area is 164 Å². The van der Waals surface area contributed by atoms with Crippen molar-refractivity contribution in [3.05, 3.63) is 97.2 Å². The molecule has 0 saturated heterocycles. The predicted molar refractivity (Wildman–Crippen MR) is 113 cm³/mol. The SMILES string of the molecule is Cl.O=CNc1ccc(-c2cnc(-c3ccccc3)[nH]2)cc1.c1ccccc1. The molecule has 1 amide bonds. The fraction of sp³-hybridized carbons (Fsp3) is 0. The Morgan fingerprint density at radius 2 is 1.30 bits per heavy atom. The largest absolute Gasteiger partial charge is 0.338 e. The van der Waals surface area contributed by atoms with Gasteiger partial charge in [-0.2, -0.15) is 0 Å². The zero-order chi connectivity index (χ0) is 18.0. The summed E-state index contributed by atoms with van der Waals surface area (Å²) >= 11 is 0. The van der Waals surface area contributed by atoms with Crippen LogP contribution < -0.4 is 5.32 Å². The highest BCUT2D eigenvalue weighted by molar-refractivity contribution is 5.85. The molecule has 0 aliphatic rings. The van der Waals surface area contributed by atoms with Crippen LogP contribution in [0, 0.1) is 0 Å². The summed E-state index contributed by atoms with van der Waals surface area (Å²) in [6.07, 6.45) is 2.48. The van der Waals surface area contributed by atoms with Crippen LogP contribution in [-0.4, -0.2) is 16.4 Å². The van der Waals surface area contributed by atoms with Gasteiger partial charge in [0.1, 0.15) is 5.82 Å². The number of carbonyl (C=O) groups excluding carboxylic acids is 1. The Balaban J connectivity index is 0.000000320. The third kappa shape index (κ3) is 5.83. The van der Waals surface area contributed by atoms with Gasteiger partial charge in [-0.3, -0.25) is 4.79 Å². The average molecular weight is 378 g/mol. The summed E-state index contributed by atoms with van der Waals surface area (Å²) in [7, 11) is 0. The van der Waals surface area contributed by atoms with Crippen LogP contribution in [-0.2, 0) is 4.79 Å². The first-order chi connectivity index (χ1) is 12.9. The highest BCUT2D eigenvalue weighted by atomic mass is 35.5. The Morgan fingerprint density at radius 3 is 1.85 bits per heavy atom. The molecule has 2 N–H and O–H groups in total. The van der Waals surface area contributed by atoms with Crippen LogP contribution >= 0.6 is 12.4 Å². The van der Waals surface area contributed by atoms with Crippen LogP contribution in [0.3, 0.4) is 0 Å². The molecular formula is C22H20ClN3O. The molecule has 5 heteroatoms. The molecule has 27 heavy (non-hydrogen) atoms. The molecular weight excluding hydrogens is 358 g/mol. The molecule has 0 fully saturated rings. The van der Waals surface area contributed by atoms with Gasteiger partial charge in [-0.25, -0.2) is 4.98 Å². The van der Waals surface area contributed by atoms with Gasteiger partial charge in [-0.15, -0.1) is 12.4 Å². The van der Waals surface area contributed by atoms with E-state index in [2.05, 4.69) is 15.3 Å². The van der Waals surface area contributed by atoms with Gasteiger partial charge >= 0.3 is 0 Å². The summed E-state index contributed by atoms with van der Waals surface area (Å²) in [6.45, 7) is 0. The molecule has 0 bridgehead atoms. The number of imidazole rings is 1. The van der Waals surface area contributed by atoms with E-state index >= 15 is 0 Å². The number of nitrogens with one attached hydrogen (secondary N) is 2. The minimum atomic E-state index is 0. The molecule has 4 nitrogen and oxygen atoms in total. The molecule has 136 valence electrons. The molecule has 1 heterocycles. The Kier molecular flexibility index (Phi) is 7.82. The van der Waals surface area contributed by atoms with Crippen LogP contribution in [0.15, 0.2) is 97.2 Å². The number of halogens is 1. The van der Waals surface area contributed by atoms with E-state index in [4.69, 9.17) is 0 Å². The summed E-state index contributed by atoms with van der Waals surface area (Å²) in [4.78, 5) is 18.1. The second-order valence-electron chi connectivity index (χ2n) is 5.51. The van der Waals surface area contributed by atoms with Crippen molar-refractivity contribution in [2.45, 2.75) is 0 Å². The molecule has 0 unspecified atom stereocenters. The molecule has 3 aromatic carbocycles. The lowest BCUT2D eigenvalue weighted by atomic mass is 10.1. The number of anilines is 1. The van der Waals surface area contributed by atoms with E-state index in [1.807, 2.05) is 97.2 Å². The van der Waals surface area contributed by atoms with E-state index in [0.29, 0.717) is 6.41 Å². The van der Waals surface area contributed by atoms with Gasteiger partial charge in [-0.1, -0.05) is 78.9 Å². The summed E-state index contributed by atoms with van der Waals surface area (Å²) in [5, 5.41) is 2.61. The number of hydrogen-bond acceptors (Lipinski definition) is 2. The molecule has 0 aliphatic heterocycles. The van der Waals surface area contributed by atoms with Crippen LogP contribution in [0.2, 0.25) is 0 Å². The minimum Gasteiger partial charge on any atom is -0.338 e. The van der Waals surface area contributed by atoms with E-state index in [9.17, 15) is 4.79 Å². The van der Waals surface area contributed by atoms with Gasteiger partial charge in [0.25, 0.3) is 0 Å². The molecule has 0 spiro atoms. The molecule has 4 rings (SSSR count). The molecule has 0 radical (unpaired) electrons. The first-order valence-corrected chi connectivity index (χ1v) is 8.28. The Bertz CT molecular complexity index is 896. The van der Waals surface area contributed by atoms with E-state index in [1.54, 1.807) is 0 Å². The summed E-state index contributed by atoms with van der Waals surface area (Å²) < 4.78 is 0. The summed E-state index contributed by atoms with van der Waals surface area (Å²) in [6, 6.07) is 29.6. The zero-order valence-electron chi connectivity index (χ0n) is 14.6. The number of benzene rings is 3. The van der Waals surface area contributed by atoms with Crippen molar-refractivity contribution in [1.82, 2.24) is 9.97 Å². The second-order valence-corrected chi connectivity index (χ2v) is 5.51. The molecule has 1 aromatic heterocycles. The molecule has 0 aliphatic carbocycles. The lowest BCUT2D eigenvalue weighted by Crippen LogP contribution is -1.92. The Hall–Kier alpha value is -3.37. The third-order valence-electron chi connectivity index (χ3n) is 3.71. The molecule has 0 atom stereocenters. The van der Waals surface area contributed by atoms with Crippen molar-refractivity contribution in [3.63, 3.8) is 0 Å². The highest BCUT2D eigenvalue weighted by Gasteiger charge is 2.04. The number of carbonyl (C=O) groups is 1. The maximum absolute atomic E-state index is 10.4. The standard InChI is InChI=1S/C16H13N3O.C6H6.ClH/c20-11-18-14-8-6-12(7-9-14)15-10-17-16(19-15)13-4-2-1-3-5-13;1-2-4-6-5-3-1;/h1-11H,(H,17,19)(H,18,20);1-6H;1H. The van der Waals surface area contributed by atoms with E-state index in [0.717, 1.165) is 28.3 Å². The van der Waals surface area contributed by atoms with Gasteiger partial charge in [0.15, 0.2) is 0 Å². The number of H-pyrrole nitrogens is 1. The van der Waals surface area contributed by atoms with Crippen molar-refractivity contribution >= 4 is 24.5 Å². The highest BCUT2D eigenvalue weighted by Crippen LogP contribution is 2.23. The average Bonchev–Trinajstić information content (AvgIpc) is 3.22. The number of hydrogen-bond donors (Lipinski definition) is 2. The van der Waals surface area contributed by atoms with E-state index in [1.165, 1.54) is 0 Å². The quantitative estimate of drug-likeness (QED) is 0.466. The lowest BCUT2D eigenvalue weighted by molar-refractivity contribution is -0.105. The lowest BCUT2D eigenvalue weighted by Gasteiger charge is -2.01. The monoisotopic (exact) mass is 377 g/mol. The minimum absolute atomic E-state index is 0. The number of aromatic nitrogens is 2. The van der Waals surface area contributed by atoms with Crippen LogP contribution in [0.25, 0.3) is 22.6 Å². The van der Waals surface area contributed by atoms with E-state index < -0.39 is 0 Å². The zero-order valence-corrected chi connectivity index (χ0v) is 15.4. The van der Waals surface area contributed by atoms with Crippen molar-refractivity contribution in [2.24, 2.45) is 0 Å². The fourth-order valence-electron chi connectivity index (χ4n) is 2.41. The maximum atomic E-state index is 10.4. The van der Waals surface area contributed by atoms with Crippen LogP contribution in [0.5, 0.6) is 0 Å². The number of aromatic amines is 1. The first-order valence-electron chi connectivity index (χ1n) is 8.28. The van der Waals surface area contributed by atoms with Gasteiger partial charge in [0.05, 0.1) is 11.9 Å². The first kappa shape index (κ1) is 19.9. The number of nitrogens with zero attached hydrogens (tertiary/aromatic N) is 1.